The van der Waals surface area contributed by atoms with Crippen molar-refractivity contribution in [1.82, 2.24) is 5.32 Å². The Kier molecular flexibility index (Phi) is 6.48. The average molecular weight is 334 g/mol. The van der Waals surface area contributed by atoms with Crippen molar-refractivity contribution in [3.8, 4) is 11.8 Å². The monoisotopic (exact) mass is 334 g/mol. The van der Waals surface area contributed by atoms with E-state index in [4.69, 9.17) is 10.00 Å². The number of rotatable bonds is 9. The first kappa shape index (κ1) is 17.5. The summed E-state index contributed by atoms with van der Waals surface area (Å²) in [5.41, 5.74) is 2.62. The molecule has 1 saturated carbocycles. The lowest BCUT2D eigenvalue weighted by atomic mass is 9.77. The maximum atomic E-state index is 8.58. The molecule has 3 nitrogen and oxygen atoms in total. The number of ether oxygens (including phenoxy) is 1. The summed E-state index contributed by atoms with van der Waals surface area (Å²) in [4.78, 5) is 0. The zero-order valence-corrected chi connectivity index (χ0v) is 14.7. The molecule has 1 fully saturated rings. The van der Waals surface area contributed by atoms with Crippen LogP contribution in [0.15, 0.2) is 54.6 Å². The summed E-state index contributed by atoms with van der Waals surface area (Å²) >= 11 is 0. The molecule has 0 bridgehead atoms. The number of nitrogens with one attached hydrogen (secondary N) is 1. The van der Waals surface area contributed by atoms with Gasteiger partial charge in [0.2, 0.25) is 0 Å². The largest absolute Gasteiger partial charge is 0.494 e. The second kappa shape index (κ2) is 9.25. The molecule has 0 saturated heterocycles. The lowest BCUT2D eigenvalue weighted by Crippen LogP contribution is -2.31. The number of hydrogen-bond acceptors (Lipinski definition) is 3. The zero-order chi connectivity index (χ0) is 17.3. The van der Waals surface area contributed by atoms with E-state index >= 15 is 0 Å². The van der Waals surface area contributed by atoms with E-state index in [1.54, 1.807) is 0 Å². The van der Waals surface area contributed by atoms with Crippen LogP contribution >= 0.6 is 0 Å². The van der Waals surface area contributed by atoms with Crippen LogP contribution in [0.4, 0.5) is 0 Å². The number of nitrogens with zero attached hydrogens (tertiary/aromatic N) is 1. The third kappa shape index (κ3) is 5.08. The van der Waals surface area contributed by atoms with Crippen LogP contribution in [0.5, 0.6) is 5.75 Å². The molecule has 0 amide bonds. The Morgan fingerprint density at radius 2 is 1.96 bits per heavy atom. The van der Waals surface area contributed by atoms with Gasteiger partial charge in [0, 0.05) is 19.0 Å². The summed E-state index contributed by atoms with van der Waals surface area (Å²) in [7, 11) is 0. The Bertz CT molecular complexity index is 689. The van der Waals surface area contributed by atoms with E-state index in [9.17, 15) is 0 Å². The molecule has 3 heteroatoms. The van der Waals surface area contributed by atoms with Gasteiger partial charge in [-0.05, 0) is 48.4 Å². The molecule has 25 heavy (non-hydrogen) atoms. The first-order valence-electron chi connectivity index (χ1n) is 9.24. The van der Waals surface area contributed by atoms with E-state index in [0.717, 1.165) is 24.6 Å². The van der Waals surface area contributed by atoms with Gasteiger partial charge in [-0.3, -0.25) is 0 Å². The van der Waals surface area contributed by atoms with Gasteiger partial charge in [-0.2, -0.15) is 5.26 Å². The molecular formula is C22H26N2O. The quantitative estimate of drug-likeness (QED) is 0.656. The molecule has 1 unspecified atom stereocenters. The third-order valence-corrected chi connectivity index (χ3v) is 4.91. The highest BCUT2D eigenvalue weighted by Crippen LogP contribution is 2.37. The molecule has 0 heterocycles. The molecule has 3 rings (SSSR count). The van der Waals surface area contributed by atoms with Crippen molar-refractivity contribution in [1.29, 1.82) is 5.26 Å². The second-order valence-corrected chi connectivity index (χ2v) is 6.72. The lowest BCUT2D eigenvalue weighted by Gasteiger charge is -2.35. The maximum absolute atomic E-state index is 8.58. The smallest absolute Gasteiger partial charge is 0.119 e. The van der Waals surface area contributed by atoms with E-state index in [-0.39, 0.29) is 0 Å². The maximum Gasteiger partial charge on any atom is 0.119 e. The van der Waals surface area contributed by atoms with Crippen LogP contribution in [0.3, 0.4) is 0 Å². The molecule has 0 radical (unpaired) electrons. The van der Waals surface area contributed by atoms with Crippen molar-refractivity contribution >= 4 is 0 Å². The third-order valence-electron chi connectivity index (χ3n) is 4.91. The Morgan fingerprint density at radius 1 is 1.12 bits per heavy atom. The molecule has 1 aliphatic carbocycles. The van der Waals surface area contributed by atoms with Crippen LogP contribution in [-0.2, 0) is 6.54 Å². The Morgan fingerprint density at radius 3 is 2.68 bits per heavy atom. The van der Waals surface area contributed by atoms with Crippen LogP contribution in [0.1, 0.15) is 49.3 Å². The molecule has 130 valence electrons. The minimum atomic E-state index is 0.426. The fourth-order valence-electron chi connectivity index (χ4n) is 3.30. The van der Waals surface area contributed by atoms with Crippen molar-refractivity contribution in [3.05, 3.63) is 65.7 Å². The van der Waals surface area contributed by atoms with Crippen LogP contribution < -0.4 is 10.1 Å². The van der Waals surface area contributed by atoms with Gasteiger partial charge < -0.3 is 10.1 Å². The molecule has 2 aromatic carbocycles. The standard InChI is InChI=1S/C22H26N2O/c23-14-4-5-15-25-21-13-6-8-18(16-21)17-24-22(20-11-7-12-20)19-9-2-1-3-10-19/h1-3,6,8-10,13,16,20,22,24H,4-5,7,11-12,15,17H2. The highest BCUT2D eigenvalue weighted by atomic mass is 16.5. The lowest BCUT2D eigenvalue weighted by molar-refractivity contribution is 0.229. The van der Waals surface area contributed by atoms with Gasteiger partial charge in [-0.25, -0.2) is 0 Å². The van der Waals surface area contributed by atoms with E-state index in [1.807, 2.05) is 12.1 Å². The number of hydrogen-bond donors (Lipinski definition) is 1. The molecule has 2 aromatic rings. The number of nitriles is 1. The van der Waals surface area contributed by atoms with Crippen LogP contribution in [0, 0.1) is 17.2 Å². The fourth-order valence-corrected chi connectivity index (χ4v) is 3.30. The predicted molar refractivity (Wildman–Crippen MR) is 100 cm³/mol. The Balaban J connectivity index is 1.58. The minimum absolute atomic E-state index is 0.426. The summed E-state index contributed by atoms with van der Waals surface area (Å²) in [5.74, 6) is 1.63. The zero-order valence-electron chi connectivity index (χ0n) is 14.7. The minimum Gasteiger partial charge on any atom is -0.494 e. The van der Waals surface area contributed by atoms with Crippen LogP contribution in [-0.4, -0.2) is 6.61 Å². The Labute approximate surface area is 150 Å². The summed E-state index contributed by atoms with van der Waals surface area (Å²) in [5, 5.41) is 12.3. The van der Waals surface area contributed by atoms with Gasteiger partial charge in [0.1, 0.15) is 5.75 Å². The van der Waals surface area contributed by atoms with E-state index in [2.05, 4.69) is 53.9 Å². The summed E-state index contributed by atoms with van der Waals surface area (Å²) < 4.78 is 5.74. The predicted octanol–water partition coefficient (Wildman–Crippen LogP) is 5.00. The molecule has 0 aliphatic heterocycles. The fraction of sp³-hybridized carbons (Fsp3) is 0.409. The van der Waals surface area contributed by atoms with E-state index < -0.39 is 0 Å². The highest BCUT2D eigenvalue weighted by molar-refractivity contribution is 5.29. The first-order valence-corrected chi connectivity index (χ1v) is 9.24. The van der Waals surface area contributed by atoms with Gasteiger partial charge in [0.05, 0.1) is 12.7 Å². The molecule has 1 atom stereocenters. The topological polar surface area (TPSA) is 45.0 Å². The molecule has 0 spiro atoms. The van der Waals surface area contributed by atoms with Crippen LogP contribution in [0.2, 0.25) is 0 Å². The van der Waals surface area contributed by atoms with Crippen LogP contribution in [0.25, 0.3) is 0 Å². The molecular weight excluding hydrogens is 308 g/mol. The van der Waals surface area contributed by atoms with Crippen molar-refractivity contribution < 1.29 is 4.74 Å². The average Bonchev–Trinajstić information content (AvgIpc) is 2.62. The van der Waals surface area contributed by atoms with Gasteiger partial charge in [0.25, 0.3) is 0 Å². The normalized spacial score (nSPS) is 15.2. The first-order chi connectivity index (χ1) is 12.4. The van der Waals surface area contributed by atoms with E-state index in [1.165, 1.54) is 30.4 Å². The van der Waals surface area contributed by atoms with Crippen molar-refractivity contribution in [3.63, 3.8) is 0 Å². The van der Waals surface area contributed by atoms with Gasteiger partial charge >= 0.3 is 0 Å². The van der Waals surface area contributed by atoms with Gasteiger partial charge in [0.15, 0.2) is 0 Å². The molecule has 0 aromatic heterocycles. The van der Waals surface area contributed by atoms with Crippen molar-refractivity contribution in [2.45, 2.75) is 44.7 Å². The highest BCUT2D eigenvalue weighted by Gasteiger charge is 2.27. The Hall–Kier alpha value is -2.31. The van der Waals surface area contributed by atoms with Crippen molar-refractivity contribution in [2.75, 3.05) is 6.61 Å². The molecule has 1 aliphatic rings. The SMILES string of the molecule is N#CCCCOc1cccc(CNC(c2ccccc2)C2CCC2)c1. The summed E-state index contributed by atoms with van der Waals surface area (Å²) in [6.45, 7) is 1.44. The summed E-state index contributed by atoms with van der Waals surface area (Å²) in [6, 6.07) is 21.6. The summed E-state index contributed by atoms with van der Waals surface area (Å²) in [6.07, 6.45) is 5.29. The number of benzene rings is 2. The van der Waals surface area contributed by atoms with Gasteiger partial charge in [-0.15, -0.1) is 0 Å². The number of unbranched alkanes of at least 4 members (excludes halogenated alkanes) is 1. The second-order valence-electron chi connectivity index (χ2n) is 6.72. The van der Waals surface area contributed by atoms with E-state index in [0.29, 0.717) is 19.1 Å². The van der Waals surface area contributed by atoms with Gasteiger partial charge in [-0.1, -0.05) is 48.9 Å². The van der Waals surface area contributed by atoms with Crippen molar-refractivity contribution in [2.24, 2.45) is 5.92 Å². The molecule has 1 N–H and O–H groups in total.